The van der Waals surface area contributed by atoms with Crippen LogP contribution < -0.4 is 4.74 Å². The van der Waals surface area contributed by atoms with Crippen molar-refractivity contribution in [1.82, 2.24) is 25.6 Å². The van der Waals surface area contributed by atoms with Crippen LogP contribution >= 0.6 is 12.4 Å². The van der Waals surface area contributed by atoms with Crippen LogP contribution in [-0.2, 0) is 6.61 Å². The van der Waals surface area contributed by atoms with E-state index in [9.17, 15) is 0 Å². The van der Waals surface area contributed by atoms with E-state index < -0.39 is 0 Å². The highest BCUT2D eigenvalue weighted by Crippen LogP contribution is 2.17. The molecule has 0 atom stereocenters. The number of aromatic amines is 1. The summed E-state index contributed by atoms with van der Waals surface area (Å²) < 4.78 is 5.87. The Morgan fingerprint density at radius 2 is 1.88 bits per heavy atom. The molecule has 7 heteroatoms. The van der Waals surface area contributed by atoms with Gasteiger partial charge in [0.2, 0.25) is 0 Å². The lowest BCUT2D eigenvalue weighted by molar-refractivity contribution is 0.302. The topological polar surface area (TPSA) is 76.6 Å². The summed E-state index contributed by atoms with van der Waals surface area (Å²) in [4.78, 5) is 4.62. The lowest BCUT2D eigenvalue weighted by Gasteiger charge is -2.07. The number of aromatic nitrogens is 5. The number of rotatable bonds is 5. The van der Waals surface area contributed by atoms with Crippen molar-refractivity contribution in [3.63, 3.8) is 0 Å². The van der Waals surface area contributed by atoms with E-state index in [4.69, 9.17) is 4.74 Å². The average Bonchev–Trinajstić information content (AvgIpc) is 3.19. The van der Waals surface area contributed by atoms with Gasteiger partial charge in [-0.1, -0.05) is 42.5 Å². The van der Waals surface area contributed by atoms with Crippen LogP contribution in [0, 0.1) is 0 Å². The van der Waals surface area contributed by atoms with Crippen molar-refractivity contribution in [2.24, 2.45) is 0 Å². The Bertz CT molecular complexity index is 1020. The zero-order valence-corrected chi connectivity index (χ0v) is 14.6. The van der Waals surface area contributed by atoms with Crippen LogP contribution in [0.5, 0.6) is 5.75 Å². The Hall–Kier alpha value is -3.25. The monoisotopic (exact) mass is 365 g/mol. The third-order valence-corrected chi connectivity index (χ3v) is 3.70. The first kappa shape index (κ1) is 17.6. The Kier molecular flexibility index (Phi) is 5.56. The maximum atomic E-state index is 5.87. The fraction of sp³-hybridized carbons (Fsp3) is 0.0526. The van der Waals surface area contributed by atoms with Gasteiger partial charge in [0.05, 0.1) is 11.2 Å². The minimum Gasteiger partial charge on any atom is -0.487 e. The number of nitrogens with one attached hydrogen (secondary N) is 1. The van der Waals surface area contributed by atoms with E-state index in [1.807, 2.05) is 66.7 Å². The van der Waals surface area contributed by atoms with Crippen molar-refractivity contribution in [2.45, 2.75) is 6.61 Å². The molecule has 0 radical (unpaired) electrons. The first-order valence-electron chi connectivity index (χ1n) is 7.86. The summed E-state index contributed by atoms with van der Waals surface area (Å²) >= 11 is 0. The molecule has 0 amide bonds. The second-order valence-corrected chi connectivity index (χ2v) is 5.48. The number of fused-ring (bicyclic) bond motifs is 1. The molecule has 0 unspecified atom stereocenters. The first-order chi connectivity index (χ1) is 12.4. The summed E-state index contributed by atoms with van der Waals surface area (Å²) in [5.74, 6) is 1.39. The lowest BCUT2D eigenvalue weighted by Crippen LogP contribution is -1.98. The zero-order chi connectivity index (χ0) is 16.9. The molecule has 0 bridgehead atoms. The molecular weight excluding hydrogens is 350 g/mol. The summed E-state index contributed by atoms with van der Waals surface area (Å²) in [7, 11) is 0. The number of pyridine rings is 1. The van der Waals surface area contributed by atoms with E-state index >= 15 is 0 Å². The molecule has 0 aliphatic carbocycles. The summed E-state index contributed by atoms with van der Waals surface area (Å²) in [5, 5.41) is 14.7. The van der Waals surface area contributed by atoms with Gasteiger partial charge in [0.25, 0.3) is 0 Å². The molecule has 2 aromatic heterocycles. The average molecular weight is 366 g/mol. The predicted octanol–water partition coefficient (Wildman–Crippen LogP) is 3.92. The molecule has 0 fully saturated rings. The number of tetrazole rings is 1. The Balaban J connectivity index is 0.00000196. The van der Waals surface area contributed by atoms with Crippen LogP contribution in [0.15, 0.2) is 60.7 Å². The van der Waals surface area contributed by atoms with Crippen molar-refractivity contribution in [1.29, 1.82) is 0 Å². The number of para-hydroxylation sites is 1. The molecule has 0 aliphatic heterocycles. The van der Waals surface area contributed by atoms with Crippen LogP contribution in [0.4, 0.5) is 0 Å². The zero-order valence-electron chi connectivity index (χ0n) is 13.7. The van der Waals surface area contributed by atoms with Crippen LogP contribution in [0.2, 0.25) is 0 Å². The van der Waals surface area contributed by atoms with Crippen LogP contribution in [-0.4, -0.2) is 25.6 Å². The minimum atomic E-state index is 0. The first-order valence-corrected chi connectivity index (χ1v) is 7.86. The second-order valence-electron chi connectivity index (χ2n) is 5.48. The molecule has 1 N–H and O–H groups in total. The third-order valence-electron chi connectivity index (χ3n) is 3.70. The number of halogens is 1. The maximum Gasteiger partial charge on any atom is 0.172 e. The van der Waals surface area contributed by atoms with Crippen molar-refractivity contribution in [3.8, 4) is 5.75 Å². The van der Waals surface area contributed by atoms with E-state index in [2.05, 4.69) is 31.7 Å². The smallest absolute Gasteiger partial charge is 0.172 e. The van der Waals surface area contributed by atoms with Gasteiger partial charge in [-0.15, -0.1) is 17.5 Å². The van der Waals surface area contributed by atoms with Crippen molar-refractivity contribution in [2.75, 3.05) is 0 Å². The van der Waals surface area contributed by atoms with Crippen molar-refractivity contribution in [3.05, 3.63) is 77.7 Å². The number of benzene rings is 2. The Morgan fingerprint density at radius 1 is 0.962 bits per heavy atom. The molecule has 0 aliphatic rings. The molecule has 0 saturated carbocycles. The SMILES string of the molecule is C(=C\c1nnn[nH]1)/c1cccc(OCc2ccc3ccccc3n2)c1.Cl. The van der Waals surface area contributed by atoms with Gasteiger partial charge >= 0.3 is 0 Å². The van der Waals surface area contributed by atoms with E-state index in [0.717, 1.165) is 27.9 Å². The molecule has 6 nitrogen and oxygen atoms in total. The Morgan fingerprint density at radius 3 is 2.77 bits per heavy atom. The molecule has 4 aromatic rings. The molecule has 2 heterocycles. The molecule has 4 rings (SSSR count). The van der Waals surface area contributed by atoms with Crippen molar-refractivity contribution < 1.29 is 4.74 Å². The molecule has 0 saturated heterocycles. The van der Waals surface area contributed by atoms with E-state index in [-0.39, 0.29) is 12.4 Å². The third kappa shape index (κ3) is 4.23. The van der Waals surface area contributed by atoms with Gasteiger partial charge in [0, 0.05) is 5.39 Å². The number of hydrogen-bond donors (Lipinski definition) is 1. The van der Waals surface area contributed by atoms with E-state index in [1.165, 1.54) is 0 Å². The molecule has 26 heavy (non-hydrogen) atoms. The summed E-state index contributed by atoms with van der Waals surface area (Å²) in [6.07, 6.45) is 3.73. The van der Waals surface area contributed by atoms with Gasteiger partial charge < -0.3 is 4.74 Å². The fourth-order valence-corrected chi connectivity index (χ4v) is 2.47. The fourth-order valence-electron chi connectivity index (χ4n) is 2.47. The largest absolute Gasteiger partial charge is 0.487 e. The summed E-state index contributed by atoms with van der Waals surface area (Å²) in [5.41, 5.74) is 2.87. The second kappa shape index (κ2) is 8.22. The van der Waals surface area contributed by atoms with Gasteiger partial charge in [0.15, 0.2) is 5.82 Å². The molecule has 2 aromatic carbocycles. The summed E-state index contributed by atoms with van der Waals surface area (Å²) in [6, 6.07) is 19.9. The number of nitrogens with zero attached hydrogens (tertiary/aromatic N) is 4. The van der Waals surface area contributed by atoms with Gasteiger partial charge in [-0.05, 0) is 46.3 Å². The molecular formula is C19H16ClN5O. The quantitative estimate of drug-likeness (QED) is 0.580. The van der Waals surface area contributed by atoms with Crippen LogP contribution in [0.1, 0.15) is 17.1 Å². The minimum absolute atomic E-state index is 0. The number of H-pyrrole nitrogens is 1. The highest BCUT2D eigenvalue weighted by Gasteiger charge is 2.00. The standard InChI is InChI=1S/C19H15N5O.ClH/c1-2-7-18-15(5-1)9-10-16(20-18)13-25-17-6-3-4-14(12-17)8-11-19-21-23-24-22-19;/h1-12H,13H2,(H,21,22,23,24);1H/b11-8+;. The van der Waals surface area contributed by atoms with Crippen LogP contribution in [0.25, 0.3) is 23.1 Å². The van der Waals surface area contributed by atoms with Crippen LogP contribution in [0.3, 0.4) is 0 Å². The van der Waals surface area contributed by atoms with Gasteiger partial charge in [0.1, 0.15) is 12.4 Å². The number of hydrogen-bond acceptors (Lipinski definition) is 5. The molecule has 130 valence electrons. The normalized spacial score (nSPS) is 10.8. The van der Waals surface area contributed by atoms with E-state index in [0.29, 0.717) is 12.4 Å². The van der Waals surface area contributed by atoms with E-state index in [1.54, 1.807) is 0 Å². The Labute approximate surface area is 156 Å². The number of ether oxygens (including phenoxy) is 1. The van der Waals surface area contributed by atoms with Gasteiger partial charge in [-0.25, -0.2) is 10.1 Å². The summed E-state index contributed by atoms with van der Waals surface area (Å²) in [6.45, 7) is 0.421. The van der Waals surface area contributed by atoms with Gasteiger partial charge in [-0.2, -0.15) is 0 Å². The highest BCUT2D eigenvalue weighted by atomic mass is 35.5. The molecule has 0 spiro atoms. The lowest BCUT2D eigenvalue weighted by atomic mass is 10.2. The highest BCUT2D eigenvalue weighted by molar-refractivity contribution is 5.85. The predicted molar refractivity (Wildman–Crippen MR) is 103 cm³/mol. The maximum absolute atomic E-state index is 5.87. The van der Waals surface area contributed by atoms with Crippen molar-refractivity contribution >= 4 is 35.5 Å². The van der Waals surface area contributed by atoms with Gasteiger partial charge in [-0.3, -0.25) is 0 Å².